The lowest BCUT2D eigenvalue weighted by molar-refractivity contribution is 0.0239. The maximum Gasteiger partial charge on any atom is 0.254 e. The summed E-state index contributed by atoms with van der Waals surface area (Å²) >= 11 is 0. The third kappa shape index (κ3) is 5.95. The number of carbonyl (C=O) groups is 1. The first kappa shape index (κ1) is 23.9. The molecule has 0 aliphatic carbocycles. The number of amides is 1. The number of H-pyrrole nitrogens is 1. The van der Waals surface area contributed by atoms with Crippen LogP contribution in [0.2, 0.25) is 0 Å². The molecule has 32 heavy (non-hydrogen) atoms. The number of aromatic amines is 1. The Labute approximate surface area is 189 Å². The Kier molecular flexibility index (Phi) is 8.81. The molecular formula is C24H34N4O4. The van der Waals surface area contributed by atoms with Crippen molar-refractivity contribution in [3.8, 4) is 17.1 Å². The van der Waals surface area contributed by atoms with Crippen molar-refractivity contribution in [3.63, 3.8) is 0 Å². The first-order valence-corrected chi connectivity index (χ1v) is 11.6. The number of nitrogens with one attached hydrogen (secondary N) is 3. The highest BCUT2D eigenvalue weighted by Gasteiger charge is 2.18. The topological polar surface area (TPSA) is 105 Å². The fourth-order valence-corrected chi connectivity index (χ4v) is 3.78. The van der Waals surface area contributed by atoms with E-state index in [2.05, 4.69) is 15.6 Å². The molecule has 8 nitrogen and oxygen atoms in total. The van der Waals surface area contributed by atoms with Crippen molar-refractivity contribution in [3.05, 3.63) is 45.4 Å². The van der Waals surface area contributed by atoms with Crippen molar-refractivity contribution in [2.75, 3.05) is 32.8 Å². The zero-order valence-corrected chi connectivity index (χ0v) is 19.3. The maximum atomic E-state index is 12.8. The molecule has 3 N–H and O–H groups in total. The predicted octanol–water partition coefficient (Wildman–Crippen LogP) is 2.46. The number of aromatic nitrogens is 2. The molecule has 1 saturated heterocycles. The summed E-state index contributed by atoms with van der Waals surface area (Å²) in [6, 6.07) is 5.25. The Morgan fingerprint density at radius 3 is 2.81 bits per heavy atom. The number of aryl methyl sites for hydroxylation is 1. The van der Waals surface area contributed by atoms with Gasteiger partial charge in [0.25, 0.3) is 11.5 Å². The molecule has 2 aromatic rings. The van der Waals surface area contributed by atoms with Crippen LogP contribution in [0.5, 0.6) is 5.75 Å². The standard InChI is InChI=1S/C24H34N4O4/c1-4-12-32-21-8-7-16(23(29)26-10-9-17-15-25-11-13-31-17)14-19(21)22-27-20(6-3)18(5-2)24(30)28-22/h7-8,14,17,25H,4-6,9-13,15H2,1-3H3,(H,26,29)(H,27,28,30). The predicted molar refractivity (Wildman–Crippen MR) is 124 cm³/mol. The molecule has 3 rings (SSSR count). The van der Waals surface area contributed by atoms with E-state index in [0.29, 0.717) is 60.9 Å². The molecule has 1 fully saturated rings. The minimum absolute atomic E-state index is 0.114. The van der Waals surface area contributed by atoms with Crippen molar-refractivity contribution in [2.24, 2.45) is 0 Å². The van der Waals surface area contributed by atoms with E-state index >= 15 is 0 Å². The largest absolute Gasteiger partial charge is 0.493 e. The third-order valence-electron chi connectivity index (χ3n) is 5.50. The third-order valence-corrected chi connectivity index (χ3v) is 5.50. The minimum Gasteiger partial charge on any atom is -0.493 e. The molecule has 0 radical (unpaired) electrons. The van der Waals surface area contributed by atoms with Gasteiger partial charge in [0.05, 0.1) is 30.6 Å². The zero-order valence-electron chi connectivity index (χ0n) is 19.3. The fraction of sp³-hybridized carbons (Fsp3) is 0.542. The second-order valence-electron chi connectivity index (χ2n) is 7.85. The molecule has 1 aliphatic rings. The summed E-state index contributed by atoms with van der Waals surface area (Å²) < 4.78 is 11.6. The van der Waals surface area contributed by atoms with Gasteiger partial charge in [-0.2, -0.15) is 0 Å². The molecular weight excluding hydrogens is 408 g/mol. The highest BCUT2D eigenvalue weighted by Crippen LogP contribution is 2.29. The summed E-state index contributed by atoms with van der Waals surface area (Å²) in [5.74, 6) is 0.839. The second kappa shape index (κ2) is 11.8. The molecule has 1 aromatic heterocycles. The van der Waals surface area contributed by atoms with Gasteiger partial charge in [-0.05, 0) is 43.9 Å². The zero-order chi connectivity index (χ0) is 22.9. The van der Waals surface area contributed by atoms with E-state index in [1.165, 1.54) is 0 Å². The second-order valence-corrected chi connectivity index (χ2v) is 7.85. The Bertz CT molecular complexity index is 967. The summed E-state index contributed by atoms with van der Waals surface area (Å²) in [5.41, 5.74) is 2.42. The molecule has 0 spiro atoms. The Morgan fingerprint density at radius 1 is 1.28 bits per heavy atom. The van der Waals surface area contributed by atoms with Crippen LogP contribution in [-0.2, 0) is 17.6 Å². The van der Waals surface area contributed by atoms with Gasteiger partial charge < -0.3 is 25.1 Å². The molecule has 0 bridgehead atoms. The molecule has 1 aromatic carbocycles. The lowest BCUT2D eigenvalue weighted by atomic mass is 10.1. The van der Waals surface area contributed by atoms with Crippen LogP contribution in [0.4, 0.5) is 0 Å². The molecule has 8 heteroatoms. The lowest BCUT2D eigenvalue weighted by Gasteiger charge is -2.23. The summed E-state index contributed by atoms with van der Waals surface area (Å²) in [6.45, 7) is 9.38. The normalized spacial score (nSPS) is 16.0. The number of hydrogen-bond acceptors (Lipinski definition) is 6. The van der Waals surface area contributed by atoms with E-state index in [4.69, 9.17) is 14.5 Å². The molecule has 174 valence electrons. The smallest absolute Gasteiger partial charge is 0.254 e. The maximum absolute atomic E-state index is 12.8. The quantitative estimate of drug-likeness (QED) is 0.522. The number of rotatable bonds is 10. The number of benzene rings is 1. The number of ether oxygens (including phenoxy) is 2. The molecule has 1 aliphatic heterocycles. The van der Waals surface area contributed by atoms with Gasteiger partial charge in [-0.25, -0.2) is 4.98 Å². The number of morpholine rings is 1. The van der Waals surface area contributed by atoms with Crippen LogP contribution in [0.15, 0.2) is 23.0 Å². The van der Waals surface area contributed by atoms with Crippen LogP contribution in [-0.4, -0.2) is 54.8 Å². The first-order valence-electron chi connectivity index (χ1n) is 11.6. The molecule has 0 saturated carbocycles. The van der Waals surface area contributed by atoms with Crippen molar-refractivity contribution in [2.45, 2.75) is 52.6 Å². The molecule has 2 heterocycles. The van der Waals surface area contributed by atoms with Crippen LogP contribution in [0, 0.1) is 0 Å². The van der Waals surface area contributed by atoms with Crippen LogP contribution in [0.25, 0.3) is 11.4 Å². The minimum atomic E-state index is -0.180. The highest BCUT2D eigenvalue weighted by atomic mass is 16.5. The van der Waals surface area contributed by atoms with Gasteiger partial charge in [-0.1, -0.05) is 20.8 Å². The van der Waals surface area contributed by atoms with E-state index in [1.807, 2.05) is 20.8 Å². The van der Waals surface area contributed by atoms with Gasteiger partial charge in [0, 0.05) is 30.8 Å². The average Bonchev–Trinajstić information content (AvgIpc) is 2.82. The Morgan fingerprint density at radius 2 is 2.12 bits per heavy atom. The van der Waals surface area contributed by atoms with Crippen molar-refractivity contribution in [1.82, 2.24) is 20.6 Å². The van der Waals surface area contributed by atoms with Gasteiger partial charge in [0.1, 0.15) is 11.6 Å². The molecule has 1 amide bonds. The summed E-state index contributed by atoms with van der Waals surface area (Å²) in [7, 11) is 0. The Balaban J connectivity index is 1.84. The monoisotopic (exact) mass is 442 g/mol. The lowest BCUT2D eigenvalue weighted by Crippen LogP contribution is -2.40. The average molecular weight is 443 g/mol. The van der Waals surface area contributed by atoms with Crippen LogP contribution in [0.3, 0.4) is 0 Å². The summed E-state index contributed by atoms with van der Waals surface area (Å²) in [6.07, 6.45) is 2.98. The highest BCUT2D eigenvalue weighted by molar-refractivity contribution is 5.95. The van der Waals surface area contributed by atoms with E-state index in [-0.39, 0.29) is 17.6 Å². The van der Waals surface area contributed by atoms with E-state index in [0.717, 1.165) is 31.6 Å². The van der Waals surface area contributed by atoms with Gasteiger partial charge >= 0.3 is 0 Å². The van der Waals surface area contributed by atoms with Crippen LogP contribution < -0.4 is 20.9 Å². The molecule has 1 unspecified atom stereocenters. The van der Waals surface area contributed by atoms with Crippen molar-refractivity contribution in [1.29, 1.82) is 0 Å². The van der Waals surface area contributed by atoms with Gasteiger partial charge in [-0.15, -0.1) is 0 Å². The van der Waals surface area contributed by atoms with E-state index in [1.54, 1.807) is 18.2 Å². The van der Waals surface area contributed by atoms with Crippen LogP contribution in [0.1, 0.15) is 55.2 Å². The van der Waals surface area contributed by atoms with Gasteiger partial charge in [-0.3, -0.25) is 9.59 Å². The SMILES string of the molecule is CCCOc1ccc(C(=O)NCCC2CNCCO2)cc1-c1nc(CC)c(CC)c(=O)[nH]1. The fourth-order valence-electron chi connectivity index (χ4n) is 3.78. The van der Waals surface area contributed by atoms with Crippen molar-refractivity contribution < 1.29 is 14.3 Å². The Hall–Kier alpha value is -2.71. The number of nitrogens with zero attached hydrogens (tertiary/aromatic N) is 1. The van der Waals surface area contributed by atoms with E-state index in [9.17, 15) is 9.59 Å². The number of carbonyl (C=O) groups excluding carboxylic acids is 1. The molecule has 1 atom stereocenters. The van der Waals surface area contributed by atoms with Crippen LogP contribution >= 0.6 is 0 Å². The summed E-state index contributed by atoms with van der Waals surface area (Å²) in [4.78, 5) is 33.0. The number of hydrogen-bond donors (Lipinski definition) is 3. The van der Waals surface area contributed by atoms with E-state index < -0.39 is 0 Å². The summed E-state index contributed by atoms with van der Waals surface area (Å²) in [5, 5.41) is 6.25. The van der Waals surface area contributed by atoms with Gasteiger partial charge in [0.2, 0.25) is 0 Å². The first-order chi connectivity index (χ1) is 15.6. The van der Waals surface area contributed by atoms with Crippen molar-refractivity contribution >= 4 is 5.91 Å². The van der Waals surface area contributed by atoms with Gasteiger partial charge in [0.15, 0.2) is 0 Å².